The number of carbonyl (C=O) groups is 2. The molecular weight excluding hydrogens is 586 g/mol. The zero-order valence-corrected chi connectivity index (χ0v) is 22.9. The summed E-state index contributed by atoms with van der Waals surface area (Å²) < 4.78 is 38.9. The quantitative estimate of drug-likeness (QED) is 0.116. The van der Waals surface area contributed by atoms with E-state index in [-0.39, 0.29) is 16.2 Å². The van der Waals surface area contributed by atoms with E-state index in [1.54, 1.807) is 60.7 Å². The molecule has 11 heteroatoms. The van der Waals surface area contributed by atoms with Gasteiger partial charge in [-0.25, -0.2) is 18.6 Å². The molecule has 0 saturated heterocycles. The van der Waals surface area contributed by atoms with Crippen molar-refractivity contribution < 1.29 is 27.5 Å². The van der Waals surface area contributed by atoms with Crippen molar-refractivity contribution >= 4 is 49.7 Å². The third-order valence-corrected chi connectivity index (χ3v) is 7.17. The predicted molar refractivity (Wildman–Crippen MR) is 151 cm³/mol. The Labute approximate surface area is 233 Å². The van der Waals surface area contributed by atoms with Crippen molar-refractivity contribution in [2.45, 2.75) is 4.90 Å². The summed E-state index contributed by atoms with van der Waals surface area (Å²) in [5.41, 5.74) is 3.96. The van der Waals surface area contributed by atoms with Crippen LogP contribution < -0.4 is 19.6 Å². The largest absolute Gasteiger partial charge is 0.493 e. The molecule has 0 unspecified atom stereocenters. The van der Waals surface area contributed by atoms with E-state index in [1.165, 1.54) is 49.7 Å². The van der Waals surface area contributed by atoms with Crippen LogP contribution in [0.1, 0.15) is 26.3 Å². The molecule has 4 rings (SSSR count). The molecular formula is C28H22BrN3O6S. The molecule has 1 amide bonds. The zero-order chi connectivity index (χ0) is 27.8. The maximum atomic E-state index is 12.5. The van der Waals surface area contributed by atoms with Gasteiger partial charge in [0, 0.05) is 15.7 Å². The predicted octanol–water partition coefficient (Wildman–Crippen LogP) is 5.24. The fourth-order valence-electron chi connectivity index (χ4n) is 3.36. The van der Waals surface area contributed by atoms with Crippen molar-refractivity contribution in [3.8, 4) is 11.5 Å². The number of benzene rings is 4. The lowest BCUT2D eigenvalue weighted by Gasteiger charge is -2.10. The average molecular weight is 608 g/mol. The maximum Gasteiger partial charge on any atom is 0.343 e. The van der Waals surface area contributed by atoms with Crippen molar-refractivity contribution in [2.24, 2.45) is 5.10 Å². The molecule has 4 aromatic carbocycles. The van der Waals surface area contributed by atoms with Crippen LogP contribution in [0.3, 0.4) is 0 Å². The minimum Gasteiger partial charge on any atom is -0.493 e. The van der Waals surface area contributed by atoms with Gasteiger partial charge in [0.1, 0.15) is 0 Å². The first kappa shape index (κ1) is 27.6. The standard InChI is InChI=1S/C28H22BrN3O6S/c1-37-26-16-19(10-15-25(26)38-28(34)21-6-5-7-22(29)17-21)18-30-31-27(33)20-11-13-23(14-12-20)32-39(35,36)24-8-3-2-4-9-24/h2-18,32H,1H3,(H,31,33). The molecule has 0 spiro atoms. The molecule has 0 fully saturated rings. The molecule has 0 aliphatic carbocycles. The van der Waals surface area contributed by atoms with Crippen LogP contribution in [0.25, 0.3) is 0 Å². The molecule has 39 heavy (non-hydrogen) atoms. The summed E-state index contributed by atoms with van der Waals surface area (Å²) in [6, 6.07) is 25.5. The summed E-state index contributed by atoms with van der Waals surface area (Å²) in [4.78, 5) is 25.0. The summed E-state index contributed by atoms with van der Waals surface area (Å²) in [7, 11) is -2.29. The van der Waals surface area contributed by atoms with E-state index in [1.807, 2.05) is 0 Å². The SMILES string of the molecule is COc1cc(C=NNC(=O)c2ccc(NS(=O)(=O)c3ccccc3)cc2)ccc1OC(=O)c1cccc(Br)c1. The van der Waals surface area contributed by atoms with Gasteiger partial charge in [0.05, 0.1) is 23.8 Å². The number of halogens is 1. The minimum atomic E-state index is -3.74. The van der Waals surface area contributed by atoms with E-state index < -0.39 is 21.9 Å². The topological polar surface area (TPSA) is 123 Å². The Kier molecular flexibility index (Phi) is 8.74. The molecule has 0 aromatic heterocycles. The second-order valence-electron chi connectivity index (χ2n) is 8.01. The zero-order valence-electron chi connectivity index (χ0n) is 20.5. The first-order valence-electron chi connectivity index (χ1n) is 11.4. The molecule has 0 heterocycles. The lowest BCUT2D eigenvalue weighted by atomic mass is 10.2. The summed E-state index contributed by atoms with van der Waals surface area (Å²) in [5.74, 6) is -0.494. The van der Waals surface area contributed by atoms with Crippen LogP contribution in [0.2, 0.25) is 0 Å². The molecule has 2 N–H and O–H groups in total. The van der Waals surface area contributed by atoms with Crippen molar-refractivity contribution in [1.82, 2.24) is 5.43 Å². The number of carbonyl (C=O) groups excluding carboxylic acids is 2. The third-order valence-electron chi connectivity index (χ3n) is 5.28. The fourth-order valence-corrected chi connectivity index (χ4v) is 4.84. The van der Waals surface area contributed by atoms with Gasteiger partial charge in [-0.2, -0.15) is 5.10 Å². The Morgan fingerprint density at radius 1 is 0.846 bits per heavy atom. The Morgan fingerprint density at radius 2 is 1.59 bits per heavy atom. The maximum absolute atomic E-state index is 12.5. The van der Waals surface area contributed by atoms with Gasteiger partial charge in [-0.3, -0.25) is 9.52 Å². The number of methoxy groups -OCH3 is 1. The number of amides is 1. The lowest BCUT2D eigenvalue weighted by Crippen LogP contribution is -2.18. The normalized spacial score (nSPS) is 11.1. The molecule has 0 bridgehead atoms. The van der Waals surface area contributed by atoms with Crippen molar-refractivity contribution in [3.05, 3.63) is 118 Å². The first-order chi connectivity index (χ1) is 18.7. The monoisotopic (exact) mass is 607 g/mol. The second kappa shape index (κ2) is 12.4. The van der Waals surface area contributed by atoms with Crippen LogP contribution in [-0.4, -0.2) is 33.6 Å². The molecule has 0 aliphatic rings. The van der Waals surface area contributed by atoms with Crippen LogP contribution in [0.4, 0.5) is 5.69 Å². The van der Waals surface area contributed by atoms with Crippen LogP contribution in [0.15, 0.2) is 112 Å². The Hall–Kier alpha value is -4.48. The number of anilines is 1. The van der Waals surface area contributed by atoms with E-state index in [9.17, 15) is 18.0 Å². The van der Waals surface area contributed by atoms with Crippen molar-refractivity contribution in [3.63, 3.8) is 0 Å². The summed E-state index contributed by atoms with van der Waals surface area (Å²) in [5, 5.41) is 3.96. The molecule has 4 aromatic rings. The summed E-state index contributed by atoms with van der Waals surface area (Å²) in [6.07, 6.45) is 1.41. The van der Waals surface area contributed by atoms with Gasteiger partial charge in [0.2, 0.25) is 0 Å². The minimum absolute atomic E-state index is 0.133. The molecule has 0 aliphatic heterocycles. The number of nitrogens with zero attached hydrogens (tertiary/aromatic N) is 1. The molecule has 9 nitrogen and oxygen atoms in total. The van der Waals surface area contributed by atoms with E-state index >= 15 is 0 Å². The highest BCUT2D eigenvalue weighted by Gasteiger charge is 2.15. The Morgan fingerprint density at radius 3 is 2.28 bits per heavy atom. The summed E-state index contributed by atoms with van der Waals surface area (Å²) in [6.45, 7) is 0. The number of sulfonamides is 1. The van der Waals surface area contributed by atoms with Crippen LogP contribution in [0.5, 0.6) is 11.5 Å². The Balaban J connectivity index is 1.36. The van der Waals surface area contributed by atoms with Gasteiger partial charge in [-0.05, 0) is 78.4 Å². The van der Waals surface area contributed by atoms with Crippen molar-refractivity contribution in [2.75, 3.05) is 11.8 Å². The molecule has 0 radical (unpaired) electrons. The highest BCUT2D eigenvalue weighted by molar-refractivity contribution is 9.10. The first-order valence-corrected chi connectivity index (χ1v) is 13.7. The third kappa shape index (κ3) is 7.30. The van der Waals surface area contributed by atoms with Gasteiger partial charge in [0.15, 0.2) is 11.5 Å². The number of hydrogen-bond acceptors (Lipinski definition) is 7. The van der Waals surface area contributed by atoms with Gasteiger partial charge in [-0.1, -0.05) is 40.2 Å². The number of esters is 1. The number of nitrogens with one attached hydrogen (secondary N) is 2. The highest BCUT2D eigenvalue weighted by Crippen LogP contribution is 2.28. The van der Waals surface area contributed by atoms with Gasteiger partial charge >= 0.3 is 5.97 Å². The van der Waals surface area contributed by atoms with Crippen LogP contribution in [0, 0.1) is 0 Å². The number of ether oxygens (including phenoxy) is 2. The van der Waals surface area contributed by atoms with Gasteiger partial charge in [-0.15, -0.1) is 0 Å². The van der Waals surface area contributed by atoms with E-state index in [0.717, 1.165) is 4.47 Å². The van der Waals surface area contributed by atoms with Crippen molar-refractivity contribution in [1.29, 1.82) is 0 Å². The van der Waals surface area contributed by atoms with Gasteiger partial charge < -0.3 is 9.47 Å². The smallest absolute Gasteiger partial charge is 0.343 e. The van der Waals surface area contributed by atoms with E-state index in [0.29, 0.717) is 22.6 Å². The number of hydrazone groups is 1. The average Bonchev–Trinajstić information content (AvgIpc) is 2.94. The van der Waals surface area contributed by atoms with E-state index in [2.05, 4.69) is 31.2 Å². The molecule has 0 atom stereocenters. The molecule has 198 valence electrons. The highest BCUT2D eigenvalue weighted by atomic mass is 79.9. The fraction of sp³-hybridized carbons (Fsp3) is 0.0357. The lowest BCUT2D eigenvalue weighted by molar-refractivity contribution is 0.0729. The molecule has 0 saturated carbocycles. The number of rotatable bonds is 9. The van der Waals surface area contributed by atoms with E-state index in [4.69, 9.17) is 9.47 Å². The summed E-state index contributed by atoms with van der Waals surface area (Å²) >= 11 is 3.32. The number of hydrogen-bond donors (Lipinski definition) is 2. The van der Waals surface area contributed by atoms with Gasteiger partial charge in [0.25, 0.3) is 15.9 Å². The second-order valence-corrected chi connectivity index (χ2v) is 10.6. The van der Waals surface area contributed by atoms with Crippen LogP contribution >= 0.6 is 15.9 Å². The van der Waals surface area contributed by atoms with Crippen LogP contribution in [-0.2, 0) is 10.0 Å². The Bertz CT molecular complexity index is 1630.